The van der Waals surface area contributed by atoms with Gasteiger partial charge in [0.25, 0.3) is 0 Å². The zero-order valence-electron chi connectivity index (χ0n) is 45.8. The van der Waals surface area contributed by atoms with E-state index < -0.39 is 0 Å². The van der Waals surface area contributed by atoms with Gasteiger partial charge in [0.15, 0.2) is 0 Å². The van der Waals surface area contributed by atoms with Gasteiger partial charge in [-0.15, -0.1) is 0 Å². The zero-order chi connectivity index (χ0) is 58.1. The van der Waals surface area contributed by atoms with Crippen LogP contribution in [0.1, 0.15) is 12.8 Å². The van der Waals surface area contributed by atoms with Crippen molar-refractivity contribution in [2.45, 2.75) is 12.8 Å². The second-order valence-corrected chi connectivity index (χ2v) is 23.1. The van der Waals surface area contributed by atoms with Crippen molar-refractivity contribution >= 4 is 144 Å². The molecule has 13 nitrogen and oxygen atoms in total. The summed E-state index contributed by atoms with van der Waals surface area (Å²) in [5.41, 5.74) is 8.16. The third-order valence-corrected chi connectivity index (χ3v) is 16.6. The van der Waals surface area contributed by atoms with E-state index in [-0.39, 0.29) is 11.3 Å². The first-order chi connectivity index (χ1) is 42.3. The van der Waals surface area contributed by atoms with Crippen LogP contribution in [0.15, 0.2) is 243 Å². The summed E-state index contributed by atoms with van der Waals surface area (Å²) in [5.74, 6) is 2.95. The van der Waals surface area contributed by atoms with Crippen LogP contribution in [0.25, 0.3) is 111 Å². The largest absolute Gasteiger partial charge is 0.508 e. The number of phenolic OH excluding ortho intramolecular Hbond substituents is 1. The van der Waals surface area contributed by atoms with E-state index in [4.69, 9.17) is 46.1 Å². The number of nitrogens with zero attached hydrogens (tertiary/aromatic N) is 10. The van der Waals surface area contributed by atoms with Gasteiger partial charge in [-0.25, -0.2) is 0 Å². The maximum atomic E-state index is 8.75. The second kappa shape index (κ2) is 24.0. The van der Waals surface area contributed by atoms with Crippen molar-refractivity contribution in [2.24, 2.45) is 0 Å². The molecule has 6 aromatic heterocycles. The molecule has 17 rings (SSSR count). The second-order valence-electron chi connectivity index (χ2n) is 20.3. The number of aromatic nitrogens is 10. The van der Waals surface area contributed by atoms with Crippen LogP contribution in [0.2, 0.25) is 5.28 Å². The van der Waals surface area contributed by atoms with Crippen LogP contribution in [-0.2, 0) is 4.74 Å². The van der Waals surface area contributed by atoms with Gasteiger partial charge in [0, 0.05) is 63.4 Å². The number of hydrogen-bond acceptors (Lipinski definition) is 9. The predicted octanol–water partition coefficient (Wildman–Crippen LogP) is 18.0. The molecule has 1 aliphatic heterocycles. The molecule has 16 heteroatoms. The highest BCUT2D eigenvalue weighted by atomic mass is 127. The average molecular weight is 1370 g/mol. The molecule has 0 spiro atoms. The minimum atomic E-state index is 0.152. The Kier molecular flexibility index (Phi) is 15.3. The number of aromatic hydroxyl groups is 1. The number of benzene rings is 10. The number of fused-ring (bicyclic) bond motifs is 12. The van der Waals surface area contributed by atoms with E-state index in [0.717, 1.165) is 108 Å². The lowest BCUT2D eigenvalue weighted by atomic mass is 10.2. The van der Waals surface area contributed by atoms with Crippen molar-refractivity contribution in [3.05, 3.63) is 255 Å². The van der Waals surface area contributed by atoms with Gasteiger partial charge in [0.05, 0.1) is 44.1 Å². The predicted molar refractivity (Wildman–Crippen MR) is 362 cm³/mol. The van der Waals surface area contributed by atoms with E-state index in [1.807, 2.05) is 109 Å². The minimum absolute atomic E-state index is 0.152. The number of ether oxygens (including phenoxy) is 2. The average Bonchev–Trinajstić information content (AvgIpc) is 1.88. The van der Waals surface area contributed by atoms with Crippen LogP contribution in [0.3, 0.4) is 0 Å². The maximum absolute atomic E-state index is 8.75. The van der Waals surface area contributed by atoms with Crippen LogP contribution >= 0.6 is 56.8 Å². The quantitative estimate of drug-likeness (QED) is 0.161. The summed E-state index contributed by atoms with van der Waals surface area (Å²) in [4.78, 5) is 28.8. The fraction of sp³-hybridized carbons (Fsp3) is 0.0571. The van der Waals surface area contributed by atoms with Gasteiger partial charge in [-0.2, -0.15) is 29.9 Å². The van der Waals surface area contributed by atoms with Gasteiger partial charge >= 0.3 is 6.01 Å². The first kappa shape index (κ1) is 54.7. The van der Waals surface area contributed by atoms with E-state index >= 15 is 0 Å². The lowest BCUT2D eigenvalue weighted by Crippen LogP contribution is -2.10. The zero-order valence-corrected chi connectivity index (χ0v) is 50.9. The molecule has 1 N–H and O–H groups in total. The van der Waals surface area contributed by atoms with E-state index in [9.17, 15) is 0 Å². The Hall–Kier alpha value is -9.27. The van der Waals surface area contributed by atoms with Crippen molar-refractivity contribution in [3.63, 3.8) is 0 Å². The van der Waals surface area contributed by atoms with E-state index in [2.05, 4.69) is 195 Å². The molecule has 86 heavy (non-hydrogen) atoms. The van der Waals surface area contributed by atoms with E-state index in [0.29, 0.717) is 35.3 Å². The summed E-state index contributed by atoms with van der Waals surface area (Å²) in [6, 6.07) is 81.4. The van der Waals surface area contributed by atoms with Crippen LogP contribution in [0, 0.1) is 7.14 Å². The molecule has 7 heterocycles. The molecular formula is C70H49ClI2N10O3. The fourth-order valence-corrected chi connectivity index (χ4v) is 12.1. The summed E-state index contributed by atoms with van der Waals surface area (Å²) >= 11 is 11.0. The first-order valence-corrected chi connectivity index (χ1v) is 30.4. The first-order valence-electron chi connectivity index (χ1n) is 27.9. The van der Waals surface area contributed by atoms with Crippen molar-refractivity contribution < 1.29 is 14.6 Å². The molecule has 16 aromatic rings. The highest BCUT2D eigenvalue weighted by molar-refractivity contribution is 14.1. The summed E-state index contributed by atoms with van der Waals surface area (Å²) in [5, 5.41) is 18.0. The molecule has 0 aliphatic carbocycles. The van der Waals surface area contributed by atoms with Crippen molar-refractivity contribution in [2.75, 3.05) is 13.2 Å². The van der Waals surface area contributed by atoms with E-state index in [1.165, 1.54) is 12.8 Å². The molecule has 1 aliphatic rings. The van der Waals surface area contributed by atoms with Gasteiger partial charge in [0.2, 0.25) is 29.1 Å². The molecule has 1 fully saturated rings. The lowest BCUT2D eigenvalue weighted by Gasteiger charge is -2.12. The molecule has 0 saturated carbocycles. The van der Waals surface area contributed by atoms with Gasteiger partial charge in [-0.3, -0.25) is 18.3 Å². The molecule has 418 valence electrons. The molecule has 0 radical (unpaired) electrons. The Balaban J connectivity index is 0.000000127. The van der Waals surface area contributed by atoms with Gasteiger partial charge in [0.1, 0.15) is 11.5 Å². The van der Waals surface area contributed by atoms with Crippen molar-refractivity contribution in [1.29, 1.82) is 0 Å². The maximum Gasteiger partial charge on any atom is 0.328 e. The normalized spacial score (nSPS) is 12.2. The van der Waals surface area contributed by atoms with Gasteiger partial charge in [-0.05, 0) is 167 Å². The Labute approximate surface area is 525 Å². The summed E-state index contributed by atoms with van der Waals surface area (Å²) in [6.07, 6.45) is 2.56. The Bertz CT molecular complexity index is 4650. The van der Waals surface area contributed by atoms with Crippen LogP contribution < -0.4 is 4.74 Å². The Morgan fingerprint density at radius 3 is 0.849 bits per heavy atom. The van der Waals surface area contributed by atoms with Gasteiger partial charge in [-0.1, -0.05) is 146 Å². The Morgan fingerprint density at radius 1 is 0.337 bits per heavy atom. The standard InChI is InChI=1S/C33H20IN5O.C27H16ClN5.C6H5IO.C4H8O/c34-21-17-19-22(20-18-21)40-33-36-31(38-27-13-5-1-9-23(27)24-10-2-6-14-28(24)38)35-32(37-33)39-29-15-7-3-11-25(29)26-12-4-8-16-30(26)39;28-25-29-26(32-21-13-5-1-9-17(21)18-10-2-6-14-22(18)32)31-27(30-25)33-23-15-7-3-11-19(23)20-12-4-8-16-24(20)33;7-5-1-3-6(8)4-2-5;1-2-4-5-3-1/h1-20H;1-16H;1-4,8H;1-4H2. The lowest BCUT2D eigenvalue weighted by molar-refractivity contribution is 0.198. The van der Waals surface area contributed by atoms with Crippen LogP contribution in [0.4, 0.5) is 0 Å². The van der Waals surface area contributed by atoms with Gasteiger partial charge < -0.3 is 14.6 Å². The topological polar surface area (TPSA) is 136 Å². The molecule has 10 aromatic carbocycles. The molecule has 0 atom stereocenters. The molecule has 1 saturated heterocycles. The highest BCUT2D eigenvalue weighted by Crippen LogP contribution is 2.37. The molecule has 0 amide bonds. The minimum Gasteiger partial charge on any atom is -0.508 e. The fourth-order valence-electron chi connectivity index (χ4n) is 11.2. The SMILES string of the molecule is C1CCOC1.Clc1nc(-n2c3ccccc3c3ccccc32)nc(-n2c3ccccc3c3ccccc32)n1.Ic1ccc(Oc2nc(-n3c4ccccc4c4ccccc43)nc(-n3c4ccccc4c4ccccc43)n2)cc1.Oc1ccc(I)cc1. The van der Waals surface area contributed by atoms with Crippen molar-refractivity contribution in [1.82, 2.24) is 48.2 Å². The number of hydrogen-bond donors (Lipinski definition) is 1. The third kappa shape index (κ3) is 10.6. The van der Waals surface area contributed by atoms with Crippen molar-refractivity contribution in [3.8, 4) is 41.3 Å². The van der Waals surface area contributed by atoms with E-state index in [1.54, 1.807) is 12.1 Å². The summed E-state index contributed by atoms with van der Waals surface area (Å²) < 4.78 is 21.8. The molecular weight excluding hydrogens is 1320 g/mol. The summed E-state index contributed by atoms with van der Waals surface area (Å²) in [6.45, 7) is 2.00. The third-order valence-electron chi connectivity index (χ3n) is 15.0. The highest BCUT2D eigenvalue weighted by Gasteiger charge is 2.22. The molecule has 0 unspecified atom stereocenters. The van der Waals surface area contributed by atoms with Crippen LogP contribution in [-0.4, -0.2) is 66.5 Å². The number of para-hydroxylation sites is 8. The summed E-state index contributed by atoms with van der Waals surface area (Å²) in [7, 11) is 0. The number of phenols is 1. The number of rotatable bonds is 6. The Morgan fingerprint density at radius 2 is 0.593 bits per heavy atom. The molecule has 0 bridgehead atoms. The monoisotopic (exact) mass is 1370 g/mol. The number of halogens is 3. The van der Waals surface area contributed by atoms with Crippen LogP contribution in [0.5, 0.6) is 17.5 Å². The smallest absolute Gasteiger partial charge is 0.328 e.